The molecule has 0 bridgehead atoms. The summed E-state index contributed by atoms with van der Waals surface area (Å²) in [4.78, 5) is 9.86. The van der Waals surface area contributed by atoms with E-state index in [-0.39, 0.29) is 0 Å². The third-order valence-electron chi connectivity index (χ3n) is 2.02. The van der Waals surface area contributed by atoms with Crippen LogP contribution in [-0.4, -0.2) is 25.3 Å². The third kappa shape index (κ3) is 2.43. The molecular weight excluding hydrogens is 183 g/mol. The van der Waals surface area contributed by atoms with Crippen LogP contribution in [0.4, 0.5) is 0 Å². The summed E-state index contributed by atoms with van der Waals surface area (Å²) >= 11 is 0. The monoisotopic (exact) mass is 199 g/mol. The molecule has 72 valence electrons. The zero-order valence-corrected chi connectivity index (χ0v) is 9.43. The topological polar surface area (TPSA) is 29.5 Å². The second kappa shape index (κ2) is 3.65. The molecule has 1 rings (SSSR count). The number of hydrogen-bond donors (Lipinski definition) is 1. The Kier molecular flexibility index (Phi) is 2.94. The summed E-state index contributed by atoms with van der Waals surface area (Å²) in [5.74, 6) is 0.847. The number of methoxy groups -OCH3 is 1. The first-order chi connectivity index (χ1) is 5.95. The van der Waals surface area contributed by atoms with Gasteiger partial charge in [-0.3, -0.25) is 0 Å². The Labute approximate surface area is 80.0 Å². The Morgan fingerprint density at radius 2 is 1.92 bits per heavy atom. The van der Waals surface area contributed by atoms with Crippen molar-refractivity contribution >= 4 is 12.8 Å². The highest BCUT2D eigenvalue weighted by atomic mass is 31.2. The number of benzene rings is 1. The summed E-state index contributed by atoms with van der Waals surface area (Å²) in [6.07, 6.45) is 0. The van der Waals surface area contributed by atoms with Gasteiger partial charge in [-0.15, -0.1) is 0 Å². The molecule has 3 heteroatoms. The lowest BCUT2D eigenvalue weighted by Crippen LogP contribution is -2.08. The number of hydrogen-bond acceptors (Lipinski definition) is 2. The summed E-state index contributed by atoms with van der Waals surface area (Å²) < 4.78 is 5.19. The molecule has 0 aliphatic heterocycles. The summed E-state index contributed by atoms with van der Waals surface area (Å²) in [5, 5.41) is 0.981. The Bertz CT molecular complexity index is 302. The van der Waals surface area contributed by atoms with Crippen LogP contribution >= 0.6 is 7.49 Å². The molecule has 0 amide bonds. The average molecular weight is 199 g/mol. The van der Waals surface area contributed by atoms with Crippen molar-refractivity contribution in [1.82, 2.24) is 0 Å². The molecule has 0 aromatic heterocycles. The molecule has 0 spiro atoms. The molecule has 0 saturated heterocycles. The number of aryl methyl sites for hydroxylation is 1. The molecule has 1 N–H and O–H groups in total. The fourth-order valence-corrected chi connectivity index (χ4v) is 2.02. The van der Waals surface area contributed by atoms with Crippen LogP contribution in [0, 0.1) is 6.92 Å². The molecule has 0 unspecified atom stereocenters. The number of rotatable bonds is 2. The summed E-state index contributed by atoms with van der Waals surface area (Å²) in [5.41, 5.74) is 1.10. The Balaban J connectivity index is 3.14. The first-order valence-corrected chi connectivity index (χ1v) is 6.80. The molecule has 0 saturated carbocycles. The lowest BCUT2D eigenvalue weighted by atomic mass is 10.2. The standard InChI is InChI=1S/C10H16O2P/c1-8-5-6-9(13(3,4)11)7-10(8)12-2/h5-7,11H,1-4H3/q+1. The molecule has 13 heavy (non-hydrogen) atoms. The minimum atomic E-state index is -1.91. The van der Waals surface area contributed by atoms with Gasteiger partial charge >= 0.3 is 0 Å². The van der Waals surface area contributed by atoms with Gasteiger partial charge in [-0.05, 0) is 18.6 Å². The molecule has 0 atom stereocenters. The van der Waals surface area contributed by atoms with Crippen molar-refractivity contribution in [3.05, 3.63) is 23.8 Å². The van der Waals surface area contributed by atoms with Crippen LogP contribution in [0.25, 0.3) is 0 Å². The highest BCUT2D eigenvalue weighted by Gasteiger charge is 2.25. The minimum absolute atomic E-state index is 0.847. The molecule has 1 aromatic carbocycles. The molecule has 1 aromatic rings. The van der Waals surface area contributed by atoms with Gasteiger partial charge in [0.15, 0.2) is 7.49 Å². The molecule has 2 nitrogen and oxygen atoms in total. The van der Waals surface area contributed by atoms with E-state index >= 15 is 0 Å². The summed E-state index contributed by atoms with van der Waals surface area (Å²) in [6, 6.07) is 5.86. The predicted molar refractivity (Wildman–Crippen MR) is 58.4 cm³/mol. The van der Waals surface area contributed by atoms with E-state index in [1.165, 1.54) is 0 Å². The molecule has 0 aliphatic carbocycles. The van der Waals surface area contributed by atoms with E-state index in [1.54, 1.807) is 7.11 Å². The van der Waals surface area contributed by atoms with Gasteiger partial charge in [0.1, 0.15) is 11.1 Å². The minimum Gasteiger partial charge on any atom is -0.496 e. The van der Waals surface area contributed by atoms with E-state index in [9.17, 15) is 4.89 Å². The van der Waals surface area contributed by atoms with Crippen molar-refractivity contribution in [3.8, 4) is 5.75 Å². The van der Waals surface area contributed by atoms with Gasteiger partial charge < -0.3 is 4.74 Å². The van der Waals surface area contributed by atoms with Gasteiger partial charge in [-0.1, -0.05) is 6.07 Å². The Hall–Kier alpha value is -0.590. The fraction of sp³-hybridized carbons (Fsp3) is 0.400. The van der Waals surface area contributed by atoms with Crippen molar-refractivity contribution in [2.45, 2.75) is 6.92 Å². The van der Waals surface area contributed by atoms with Crippen LogP contribution in [0.5, 0.6) is 5.75 Å². The van der Waals surface area contributed by atoms with Crippen molar-refractivity contribution in [1.29, 1.82) is 0 Å². The molecule has 0 fully saturated rings. The van der Waals surface area contributed by atoms with E-state index in [0.29, 0.717) is 0 Å². The maximum atomic E-state index is 9.86. The SMILES string of the molecule is COc1cc([P+](C)(C)O)ccc1C. The maximum Gasteiger partial charge on any atom is 0.168 e. The van der Waals surface area contributed by atoms with E-state index < -0.39 is 7.49 Å². The van der Waals surface area contributed by atoms with Crippen molar-refractivity contribution in [2.24, 2.45) is 0 Å². The summed E-state index contributed by atoms with van der Waals surface area (Å²) in [7, 11) is -0.260. The van der Waals surface area contributed by atoms with Crippen molar-refractivity contribution in [2.75, 3.05) is 20.4 Å². The third-order valence-corrected chi connectivity index (χ3v) is 3.57. The average Bonchev–Trinajstić information content (AvgIpc) is 2.03. The second-order valence-electron chi connectivity index (χ2n) is 3.55. The lowest BCUT2D eigenvalue weighted by Gasteiger charge is -2.11. The quantitative estimate of drug-likeness (QED) is 0.736. The van der Waals surface area contributed by atoms with E-state index in [4.69, 9.17) is 4.74 Å². The van der Waals surface area contributed by atoms with Crippen molar-refractivity contribution < 1.29 is 9.63 Å². The van der Waals surface area contributed by atoms with Gasteiger partial charge in [0.2, 0.25) is 0 Å². The molecule has 0 heterocycles. The first-order valence-electron chi connectivity index (χ1n) is 4.17. The smallest absolute Gasteiger partial charge is 0.168 e. The van der Waals surface area contributed by atoms with Gasteiger partial charge in [0.05, 0.1) is 20.4 Å². The van der Waals surface area contributed by atoms with Gasteiger partial charge in [0, 0.05) is 6.07 Å². The zero-order chi connectivity index (χ0) is 10.1. The normalized spacial score (nSPS) is 11.5. The van der Waals surface area contributed by atoms with Crippen LogP contribution in [-0.2, 0) is 0 Å². The highest BCUT2D eigenvalue weighted by Crippen LogP contribution is 2.45. The lowest BCUT2D eigenvalue weighted by molar-refractivity contribution is 0.412. The largest absolute Gasteiger partial charge is 0.496 e. The second-order valence-corrected chi connectivity index (χ2v) is 6.85. The van der Waals surface area contributed by atoms with Gasteiger partial charge in [-0.25, -0.2) is 4.89 Å². The summed E-state index contributed by atoms with van der Waals surface area (Å²) in [6.45, 7) is 5.74. The van der Waals surface area contributed by atoms with E-state index in [1.807, 2.05) is 38.5 Å². The maximum absolute atomic E-state index is 9.86. The van der Waals surface area contributed by atoms with Crippen LogP contribution < -0.4 is 10.0 Å². The highest BCUT2D eigenvalue weighted by molar-refractivity contribution is 7.76. The van der Waals surface area contributed by atoms with E-state index in [2.05, 4.69) is 0 Å². The van der Waals surface area contributed by atoms with Crippen LogP contribution in [0.1, 0.15) is 5.56 Å². The first kappa shape index (κ1) is 10.5. The molecular formula is C10H16O2P+. The van der Waals surface area contributed by atoms with E-state index in [0.717, 1.165) is 16.6 Å². The zero-order valence-electron chi connectivity index (χ0n) is 8.53. The number of ether oxygens (including phenoxy) is 1. The van der Waals surface area contributed by atoms with Crippen LogP contribution in [0.2, 0.25) is 0 Å². The van der Waals surface area contributed by atoms with Crippen LogP contribution in [0.15, 0.2) is 18.2 Å². The predicted octanol–water partition coefficient (Wildman–Crippen LogP) is 1.81. The van der Waals surface area contributed by atoms with Crippen molar-refractivity contribution in [3.63, 3.8) is 0 Å². The molecule has 0 aliphatic rings. The van der Waals surface area contributed by atoms with Gasteiger partial charge in [0.25, 0.3) is 0 Å². The Morgan fingerprint density at radius 1 is 1.31 bits per heavy atom. The molecule has 0 radical (unpaired) electrons. The fourth-order valence-electron chi connectivity index (χ4n) is 1.15. The van der Waals surface area contributed by atoms with Crippen LogP contribution in [0.3, 0.4) is 0 Å². The van der Waals surface area contributed by atoms with Gasteiger partial charge in [-0.2, -0.15) is 0 Å². The Morgan fingerprint density at radius 3 is 2.38 bits per heavy atom.